The van der Waals surface area contributed by atoms with E-state index in [1.165, 1.54) is 5.56 Å². The largest absolute Gasteiger partial charge is 0.493 e. The Morgan fingerprint density at radius 2 is 1.78 bits per heavy atom. The summed E-state index contributed by atoms with van der Waals surface area (Å²) in [6, 6.07) is 16.6. The monoisotopic (exact) mass is 385 g/mol. The number of nitrogens with zero attached hydrogens (tertiary/aromatic N) is 2. The van der Waals surface area contributed by atoms with Crippen LogP contribution in [0.4, 0.5) is 0 Å². The number of hydrogen-bond donors (Lipinski definition) is 1. The zero-order valence-corrected chi connectivity index (χ0v) is 16.8. The summed E-state index contributed by atoms with van der Waals surface area (Å²) >= 11 is 5.50. The van der Waals surface area contributed by atoms with Gasteiger partial charge in [-0.15, -0.1) is 0 Å². The van der Waals surface area contributed by atoms with Gasteiger partial charge in [-0.3, -0.25) is 4.90 Å². The summed E-state index contributed by atoms with van der Waals surface area (Å²) < 4.78 is 10.9. The summed E-state index contributed by atoms with van der Waals surface area (Å²) in [5.41, 5.74) is 2.49. The zero-order chi connectivity index (χ0) is 19.1. The Morgan fingerprint density at radius 1 is 0.963 bits per heavy atom. The number of benzene rings is 2. The molecule has 1 saturated heterocycles. The molecule has 5 nitrogen and oxygen atoms in total. The molecule has 2 aromatic carbocycles. The molecule has 0 bridgehead atoms. The molecule has 2 aromatic rings. The van der Waals surface area contributed by atoms with Gasteiger partial charge in [0.1, 0.15) is 0 Å². The lowest BCUT2D eigenvalue weighted by Gasteiger charge is -2.38. The van der Waals surface area contributed by atoms with Crippen molar-refractivity contribution in [3.8, 4) is 11.5 Å². The van der Waals surface area contributed by atoms with Gasteiger partial charge in [0.2, 0.25) is 0 Å². The summed E-state index contributed by atoms with van der Waals surface area (Å²) in [6.45, 7) is 3.44. The molecule has 0 unspecified atom stereocenters. The van der Waals surface area contributed by atoms with Gasteiger partial charge < -0.3 is 19.7 Å². The molecule has 0 spiro atoms. The molecule has 0 radical (unpaired) electrons. The lowest BCUT2D eigenvalue weighted by atomic mass is 10.1. The summed E-state index contributed by atoms with van der Waals surface area (Å²) in [5.74, 6) is 1.60. The van der Waals surface area contributed by atoms with Crippen LogP contribution in [0.15, 0.2) is 48.5 Å². The van der Waals surface area contributed by atoms with Gasteiger partial charge >= 0.3 is 0 Å². The minimum absolute atomic E-state index is 0.771. The van der Waals surface area contributed by atoms with Crippen LogP contribution in [0.2, 0.25) is 0 Å². The second-order valence-corrected chi connectivity index (χ2v) is 6.96. The first-order chi connectivity index (χ1) is 13.2. The van der Waals surface area contributed by atoms with E-state index in [4.69, 9.17) is 21.7 Å². The van der Waals surface area contributed by atoms with E-state index in [9.17, 15) is 0 Å². The molecule has 3 rings (SSSR count). The van der Waals surface area contributed by atoms with Crippen molar-refractivity contribution in [3.05, 3.63) is 59.7 Å². The van der Waals surface area contributed by atoms with Gasteiger partial charge in [-0.05, 0) is 42.3 Å². The molecule has 0 aromatic heterocycles. The molecular formula is C21H27N3O2S. The van der Waals surface area contributed by atoms with Crippen LogP contribution in [0.25, 0.3) is 0 Å². The topological polar surface area (TPSA) is 37.0 Å². The highest BCUT2D eigenvalue weighted by molar-refractivity contribution is 7.80. The lowest BCUT2D eigenvalue weighted by molar-refractivity contribution is 0.155. The van der Waals surface area contributed by atoms with Gasteiger partial charge in [0.25, 0.3) is 0 Å². The lowest BCUT2D eigenvalue weighted by Crippen LogP contribution is -2.56. The van der Waals surface area contributed by atoms with Crippen LogP contribution >= 0.6 is 12.2 Å². The number of para-hydroxylation sites is 1. The Kier molecular flexibility index (Phi) is 6.90. The quantitative estimate of drug-likeness (QED) is 0.705. The van der Waals surface area contributed by atoms with Gasteiger partial charge in [-0.1, -0.05) is 42.5 Å². The first kappa shape index (κ1) is 19.5. The van der Waals surface area contributed by atoms with Crippen LogP contribution < -0.4 is 14.8 Å². The Balaban J connectivity index is 1.56. The molecule has 0 amide bonds. The van der Waals surface area contributed by atoms with Crippen LogP contribution in [0.5, 0.6) is 11.5 Å². The van der Waals surface area contributed by atoms with Crippen molar-refractivity contribution in [1.82, 2.24) is 15.1 Å². The SMILES string of the molecule is COc1cccc(CCN2CNC(=S)N(CCc3ccccc3)C2)c1OC. The number of nitrogens with one attached hydrogen (secondary N) is 1. The number of ether oxygens (including phenoxy) is 2. The standard InChI is InChI=1S/C21H27N3O2S/c1-25-19-10-6-9-18(20(19)26-2)12-13-23-15-22-21(27)24(16-23)14-11-17-7-4-3-5-8-17/h3-10H,11-16H2,1-2H3,(H,22,27). The molecule has 27 heavy (non-hydrogen) atoms. The van der Waals surface area contributed by atoms with E-state index in [1.807, 2.05) is 18.2 Å². The fourth-order valence-electron chi connectivity index (χ4n) is 3.31. The van der Waals surface area contributed by atoms with Crippen molar-refractivity contribution in [2.75, 3.05) is 40.6 Å². The summed E-state index contributed by atoms with van der Waals surface area (Å²) in [5, 5.41) is 4.17. The molecule has 1 N–H and O–H groups in total. The van der Waals surface area contributed by atoms with Gasteiger partial charge in [-0.25, -0.2) is 0 Å². The fraction of sp³-hybridized carbons (Fsp3) is 0.381. The van der Waals surface area contributed by atoms with Crippen LogP contribution in [0, 0.1) is 0 Å². The van der Waals surface area contributed by atoms with Crippen molar-refractivity contribution in [1.29, 1.82) is 0 Å². The van der Waals surface area contributed by atoms with Crippen LogP contribution in [0.3, 0.4) is 0 Å². The zero-order valence-electron chi connectivity index (χ0n) is 16.0. The molecule has 144 valence electrons. The maximum absolute atomic E-state index is 5.54. The molecule has 1 aliphatic heterocycles. The molecule has 0 saturated carbocycles. The van der Waals surface area contributed by atoms with Gasteiger partial charge in [0.05, 0.1) is 27.6 Å². The first-order valence-corrected chi connectivity index (χ1v) is 9.61. The number of rotatable bonds is 8. The Hall–Kier alpha value is -2.31. The minimum atomic E-state index is 0.771. The second-order valence-electron chi connectivity index (χ2n) is 6.58. The van der Waals surface area contributed by atoms with Crippen molar-refractivity contribution >= 4 is 17.3 Å². The highest BCUT2D eigenvalue weighted by Gasteiger charge is 2.20. The van der Waals surface area contributed by atoms with E-state index >= 15 is 0 Å². The number of methoxy groups -OCH3 is 2. The van der Waals surface area contributed by atoms with Crippen LogP contribution in [-0.2, 0) is 12.8 Å². The van der Waals surface area contributed by atoms with E-state index in [1.54, 1.807) is 14.2 Å². The van der Waals surface area contributed by atoms with Crippen molar-refractivity contribution in [2.24, 2.45) is 0 Å². The van der Waals surface area contributed by atoms with Crippen LogP contribution in [0.1, 0.15) is 11.1 Å². The highest BCUT2D eigenvalue weighted by atomic mass is 32.1. The molecular weight excluding hydrogens is 358 g/mol. The predicted molar refractivity (Wildman–Crippen MR) is 112 cm³/mol. The summed E-state index contributed by atoms with van der Waals surface area (Å²) in [6.07, 6.45) is 1.88. The van der Waals surface area contributed by atoms with Gasteiger partial charge in [-0.2, -0.15) is 0 Å². The third-order valence-corrected chi connectivity index (χ3v) is 5.21. The Morgan fingerprint density at radius 3 is 2.52 bits per heavy atom. The number of thiocarbonyl (C=S) groups is 1. The second kappa shape index (κ2) is 9.58. The van der Waals surface area contributed by atoms with Gasteiger partial charge in [0.15, 0.2) is 16.6 Å². The van der Waals surface area contributed by atoms with Crippen molar-refractivity contribution < 1.29 is 9.47 Å². The average molecular weight is 386 g/mol. The smallest absolute Gasteiger partial charge is 0.171 e. The average Bonchev–Trinajstić information content (AvgIpc) is 2.72. The Bertz CT molecular complexity index is 754. The molecule has 1 fully saturated rings. The van der Waals surface area contributed by atoms with E-state index in [0.29, 0.717) is 0 Å². The highest BCUT2D eigenvalue weighted by Crippen LogP contribution is 2.31. The molecule has 0 aliphatic carbocycles. The summed E-state index contributed by atoms with van der Waals surface area (Å²) in [4.78, 5) is 4.59. The third-order valence-electron chi connectivity index (χ3n) is 4.81. The van der Waals surface area contributed by atoms with E-state index in [-0.39, 0.29) is 0 Å². The minimum Gasteiger partial charge on any atom is -0.493 e. The van der Waals surface area contributed by atoms with Crippen molar-refractivity contribution in [3.63, 3.8) is 0 Å². The van der Waals surface area contributed by atoms with Crippen molar-refractivity contribution in [2.45, 2.75) is 12.8 Å². The molecule has 6 heteroatoms. The van der Waals surface area contributed by atoms with Crippen LogP contribution in [-0.4, -0.2) is 55.6 Å². The Labute approximate surface area is 166 Å². The maximum Gasteiger partial charge on any atom is 0.171 e. The maximum atomic E-state index is 5.54. The molecule has 1 heterocycles. The third kappa shape index (κ3) is 5.11. The first-order valence-electron chi connectivity index (χ1n) is 9.20. The predicted octanol–water partition coefficient (Wildman–Crippen LogP) is 2.90. The summed E-state index contributed by atoms with van der Waals surface area (Å²) in [7, 11) is 3.36. The number of hydrogen-bond acceptors (Lipinski definition) is 4. The fourth-order valence-corrected chi connectivity index (χ4v) is 3.52. The molecule has 0 atom stereocenters. The van der Waals surface area contributed by atoms with E-state index in [0.717, 1.165) is 61.4 Å². The van der Waals surface area contributed by atoms with E-state index < -0.39 is 0 Å². The van der Waals surface area contributed by atoms with E-state index in [2.05, 4.69) is 45.4 Å². The van der Waals surface area contributed by atoms with Gasteiger partial charge in [0, 0.05) is 13.1 Å². The normalized spacial score (nSPS) is 14.7. The molecule has 1 aliphatic rings.